The number of aromatic nitrogens is 3. The molecule has 0 aliphatic carbocycles. The topological polar surface area (TPSA) is 93.3 Å². The van der Waals surface area contributed by atoms with E-state index in [1.807, 2.05) is 0 Å². The molecule has 8 nitrogen and oxygen atoms in total. The number of anilines is 1. The molecule has 0 unspecified atom stereocenters. The van der Waals surface area contributed by atoms with Gasteiger partial charge in [-0.25, -0.2) is 4.39 Å². The van der Waals surface area contributed by atoms with Crippen molar-refractivity contribution in [3.63, 3.8) is 0 Å². The standard InChI is InChI=1S/C24H26FN5O3/c25-19-6-5-17(22-28-27-21-4-2-1-3-10-30(21)22)14-20(19)26-23(31)16-7-11-29(12-8-16)24(32)18-9-13-33-15-18/h5-6,9,13-16H,1-4,7-8,10-12H2,(H,26,31). The summed E-state index contributed by atoms with van der Waals surface area (Å²) in [7, 11) is 0. The number of piperidine rings is 1. The Hall–Kier alpha value is -3.49. The van der Waals surface area contributed by atoms with Crippen LogP contribution in [-0.2, 0) is 17.8 Å². The van der Waals surface area contributed by atoms with Crippen molar-refractivity contribution in [1.29, 1.82) is 0 Å². The molecule has 0 saturated carbocycles. The zero-order valence-corrected chi connectivity index (χ0v) is 18.3. The van der Waals surface area contributed by atoms with Crippen LogP contribution in [0.4, 0.5) is 10.1 Å². The van der Waals surface area contributed by atoms with E-state index >= 15 is 0 Å². The molecule has 4 heterocycles. The van der Waals surface area contributed by atoms with Gasteiger partial charge in [-0.05, 0) is 49.9 Å². The van der Waals surface area contributed by atoms with E-state index in [-0.39, 0.29) is 23.4 Å². The molecule has 0 spiro atoms. The maximum Gasteiger partial charge on any atom is 0.257 e. The van der Waals surface area contributed by atoms with Crippen LogP contribution in [0.2, 0.25) is 0 Å². The summed E-state index contributed by atoms with van der Waals surface area (Å²) in [5.74, 6) is 0.541. The number of aryl methyl sites for hydroxylation is 1. The predicted molar refractivity (Wildman–Crippen MR) is 119 cm³/mol. The molecule has 33 heavy (non-hydrogen) atoms. The minimum atomic E-state index is -0.490. The minimum Gasteiger partial charge on any atom is -0.472 e. The van der Waals surface area contributed by atoms with Crippen LogP contribution in [0, 0.1) is 11.7 Å². The van der Waals surface area contributed by atoms with E-state index in [0.717, 1.165) is 43.6 Å². The van der Waals surface area contributed by atoms with Crippen LogP contribution in [0.1, 0.15) is 48.3 Å². The second-order valence-corrected chi connectivity index (χ2v) is 8.66. The Labute approximate surface area is 190 Å². The second kappa shape index (κ2) is 9.17. The maximum atomic E-state index is 14.5. The summed E-state index contributed by atoms with van der Waals surface area (Å²) in [5, 5.41) is 11.4. The van der Waals surface area contributed by atoms with Crippen LogP contribution in [0.15, 0.2) is 41.2 Å². The lowest BCUT2D eigenvalue weighted by Gasteiger charge is -2.31. The Bertz CT molecular complexity index is 1150. The number of benzene rings is 1. The number of halogens is 1. The van der Waals surface area contributed by atoms with Crippen LogP contribution in [0.5, 0.6) is 0 Å². The molecule has 2 amide bonds. The number of nitrogens with zero attached hydrogens (tertiary/aromatic N) is 4. The molecule has 172 valence electrons. The van der Waals surface area contributed by atoms with Crippen LogP contribution in [0.25, 0.3) is 11.4 Å². The Kier molecular flexibility index (Phi) is 5.93. The number of nitrogens with one attached hydrogen (secondary N) is 1. The molecule has 1 aromatic carbocycles. The number of hydrogen-bond acceptors (Lipinski definition) is 5. The van der Waals surface area contributed by atoms with Crippen molar-refractivity contribution in [1.82, 2.24) is 19.7 Å². The number of rotatable bonds is 4. The molecule has 1 fully saturated rings. The van der Waals surface area contributed by atoms with Crippen molar-refractivity contribution in [2.24, 2.45) is 5.92 Å². The molecule has 1 N–H and O–H groups in total. The fourth-order valence-electron chi connectivity index (χ4n) is 4.61. The number of carbonyl (C=O) groups excluding carboxylic acids is 2. The van der Waals surface area contributed by atoms with E-state index in [0.29, 0.717) is 37.3 Å². The van der Waals surface area contributed by atoms with E-state index in [2.05, 4.69) is 20.1 Å². The van der Waals surface area contributed by atoms with Crippen molar-refractivity contribution in [3.8, 4) is 11.4 Å². The summed E-state index contributed by atoms with van der Waals surface area (Å²) in [6, 6.07) is 6.29. The van der Waals surface area contributed by atoms with Crippen molar-refractivity contribution < 1.29 is 18.4 Å². The molecular formula is C24H26FN5O3. The lowest BCUT2D eigenvalue weighted by molar-refractivity contribution is -0.121. The number of amides is 2. The highest BCUT2D eigenvalue weighted by Gasteiger charge is 2.29. The number of fused-ring (bicyclic) bond motifs is 1. The highest BCUT2D eigenvalue weighted by Crippen LogP contribution is 2.28. The Morgan fingerprint density at radius 3 is 2.70 bits per heavy atom. The second-order valence-electron chi connectivity index (χ2n) is 8.66. The predicted octanol–water partition coefficient (Wildman–Crippen LogP) is 3.89. The summed E-state index contributed by atoms with van der Waals surface area (Å²) in [5.41, 5.74) is 1.37. The van der Waals surface area contributed by atoms with Gasteiger partial charge in [0.1, 0.15) is 17.9 Å². The van der Waals surface area contributed by atoms with Gasteiger partial charge in [0, 0.05) is 37.5 Å². The first-order chi connectivity index (χ1) is 16.1. The SMILES string of the molecule is O=C(Nc1cc(-c2nnc3n2CCCCC3)ccc1F)C1CCN(C(=O)c2ccoc2)CC1. The van der Waals surface area contributed by atoms with Gasteiger partial charge in [0.15, 0.2) is 5.82 Å². The summed E-state index contributed by atoms with van der Waals surface area (Å²) in [4.78, 5) is 27.0. The molecule has 5 rings (SSSR count). The van der Waals surface area contributed by atoms with Gasteiger partial charge in [-0.15, -0.1) is 10.2 Å². The monoisotopic (exact) mass is 451 g/mol. The Morgan fingerprint density at radius 2 is 1.91 bits per heavy atom. The van der Waals surface area contributed by atoms with E-state index < -0.39 is 5.82 Å². The average Bonchev–Trinajstić information content (AvgIpc) is 3.46. The molecule has 0 atom stereocenters. The fourth-order valence-corrected chi connectivity index (χ4v) is 4.61. The minimum absolute atomic E-state index is 0.103. The first-order valence-corrected chi connectivity index (χ1v) is 11.4. The smallest absolute Gasteiger partial charge is 0.257 e. The summed E-state index contributed by atoms with van der Waals surface area (Å²) in [6.45, 7) is 1.78. The largest absolute Gasteiger partial charge is 0.472 e. The zero-order chi connectivity index (χ0) is 22.8. The van der Waals surface area contributed by atoms with Crippen LogP contribution >= 0.6 is 0 Å². The molecular weight excluding hydrogens is 425 g/mol. The third-order valence-corrected chi connectivity index (χ3v) is 6.51. The van der Waals surface area contributed by atoms with Gasteiger partial charge < -0.3 is 19.2 Å². The van der Waals surface area contributed by atoms with Crippen LogP contribution in [-0.4, -0.2) is 44.6 Å². The van der Waals surface area contributed by atoms with E-state index in [1.54, 1.807) is 23.1 Å². The molecule has 0 bridgehead atoms. The van der Waals surface area contributed by atoms with Crippen molar-refractivity contribution >= 4 is 17.5 Å². The quantitative estimate of drug-likeness (QED) is 0.650. The number of furan rings is 1. The van der Waals surface area contributed by atoms with Crippen molar-refractivity contribution in [3.05, 3.63) is 54.0 Å². The molecule has 9 heteroatoms. The lowest BCUT2D eigenvalue weighted by Crippen LogP contribution is -2.41. The normalized spacial score (nSPS) is 16.8. The molecule has 0 radical (unpaired) electrons. The van der Waals surface area contributed by atoms with E-state index in [9.17, 15) is 14.0 Å². The van der Waals surface area contributed by atoms with Crippen LogP contribution in [0.3, 0.4) is 0 Å². The van der Waals surface area contributed by atoms with Gasteiger partial charge in [-0.2, -0.15) is 0 Å². The van der Waals surface area contributed by atoms with Gasteiger partial charge in [-0.1, -0.05) is 6.42 Å². The molecule has 2 aromatic heterocycles. The highest BCUT2D eigenvalue weighted by atomic mass is 19.1. The lowest BCUT2D eigenvalue weighted by atomic mass is 9.95. The third-order valence-electron chi connectivity index (χ3n) is 6.51. The van der Waals surface area contributed by atoms with Gasteiger partial charge in [0.2, 0.25) is 5.91 Å². The highest BCUT2D eigenvalue weighted by molar-refractivity contribution is 5.95. The van der Waals surface area contributed by atoms with Crippen LogP contribution < -0.4 is 5.32 Å². The average molecular weight is 452 g/mol. The van der Waals surface area contributed by atoms with Gasteiger partial charge >= 0.3 is 0 Å². The molecule has 2 aliphatic rings. The van der Waals surface area contributed by atoms with E-state index in [1.165, 1.54) is 18.6 Å². The fraction of sp³-hybridized carbons (Fsp3) is 0.417. The zero-order valence-electron chi connectivity index (χ0n) is 18.3. The molecule has 2 aliphatic heterocycles. The first-order valence-electron chi connectivity index (χ1n) is 11.4. The summed E-state index contributed by atoms with van der Waals surface area (Å²) in [6.07, 6.45) is 8.13. The maximum absolute atomic E-state index is 14.5. The van der Waals surface area contributed by atoms with Gasteiger partial charge in [0.05, 0.1) is 17.5 Å². The Balaban J connectivity index is 1.26. The number of hydrogen-bond donors (Lipinski definition) is 1. The summed E-state index contributed by atoms with van der Waals surface area (Å²) < 4.78 is 21.6. The number of likely N-dealkylation sites (tertiary alicyclic amines) is 1. The van der Waals surface area contributed by atoms with Crippen molar-refractivity contribution in [2.75, 3.05) is 18.4 Å². The van der Waals surface area contributed by atoms with Crippen molar-refractivity contribution in [2.45, 2.75) is 45.1 Å². The van der Waals surface area contributed by atoms with E-state index in [4.69, 9.17) is 4.42 Å². The molecule has 1 saturated heterocycles. The summed E-state index contributed by atoms with van der Waals surface area (Å²) >= 11 is 0. The third kappa shape index (κ3) is 4.40. The first kappa shape index (κ1) is 21.4. The van der Waals surface area contributed by atoms with Gasteiger partial charge in [-0.3, -0.25) is 9.59 Å². The Morgan fingerprint density at radius 1 is 1.06 bits per heavy atom. The van der Waals surface area contributed by atoms with Gasteiger partial charge in [0.25, 0.3) is 5.91 Å². The molecule has 3 aromatic rings. The number of carbonyl (C=O) groups is 2.